The highest BCUT2D eigenvalue weighted by Crippen LogP contribution is 2.26. The molecule has 33 heavy (non-hydrogen) atoms. The number of ether oxygens (including phenoxy) is 1. The number of amides is 1. The average Bonchev–Trinajstić information content (AvgIpc) is 3.26. The van der Waals surface area contributed by atoms with Crippen LogP contribution in [0.25, 0.3) is 11.4 Å². The number of carbonyl (C=O) groups excluding carboxylic acids is 1. The lowest BCUT2D eigenvalue weighted by molar-refractivity contribution is -0.118. The van der Waals surface area contributed by atoms with Crippen LogP contribution in [0.2, 0.25) is 0 Å². The Bertz CT molecular complexity index is 1060. The van der Waals surface area contributed by atoms with Gasteiger partial charge in [-0.05, 0) is 62.8 Å². The van der Waals surface area contributed by atoms with Gasteiger partial charge in [0.15, 0.2) is 11.0 Å². The van der Waals surface area contributed by atoms with Crippen LogP contribution in [0.5, 0.6) is 5.75 Å². The molecule has 3 aromatic rings. The molecule has 1 aliphatic carbocycles. The number of rotatable bonds is 9. The normalized spacial score (nSPS) is 14.2. The van der Waals surface area contributed by atoms with Crippen molar-refractivity contribution in [3.8, 4) is 17.1 Å². The maximum absolute atomic E-state index is 12.4. The minimum absolute atomic E-state index is 0.0226. The summed E-state index contributed by atoms with van der Waals surface area (Å²) in [5.74, 6) is 2.03. The Morgan fingerprint density at radius 2 is 1.85 bits per heavy atom. The third-order valence-corrected chi connectivity index (χ3v) is 6.99. The van der Waals surface area contributed by atoms with E-state index in [1.807, 2.05) is 36.4 Å². The molecule has 1 amide bonds. The fourth-order valence-corrected chi connectivity index (χ4v) is 4.98. The summed E-state index contributed by atoms with van der Waals surface area (Å²) in [5.41, 5.74) is 3.28. The van der Waals surface area contributed by atoms with Gasteiger partial charge < -0.3 is 14.6 Å². The van der Waals surface area contributed by atoms with E-state index in [4.69, 9.17) is 4.74 Å². The Labute approximate surface area is 200 Å². The van der Waals surface area contributed by atoms with E-state index in [1.165, 1.54) is 31.0 Å². The number of nitrogens with one attached hydrogen (secondary N) is 1. The zero-order chi connectivity index (χ0) is 23.0. The SMILES string of the molecule is CCn1c(SCC(=O)NCc2ccc(OC3CCCCC3)cc2)nnc1-c1ccccc1C. The largest absolute Gasteiger partial charge is 0.490 e. The number of hydrogen-bond donors (Lipinski definition) is 1. The smallest absolute Gasteiger partial charge is 0.230 e. The van der Waals surface area contributed by atoms with Gasteiger partial charge in [-0.1, -0.05) is 54.6 Å². The topological polar surface area (TPSA) is 69.0 Å². The summed E-state index contributed by atoms with van der Waals surface area (Å²) >= 11 is 1.42. The van der Waals surface area contributed by atoms with Gasteiger partial charge in [-0.3, -0.25) is 4.79 Å². The van der Waals surface area contributed by atoms with Crippen molar-refractivity contribution in [1.82, 2.24) is 20.1 Å². The van der Waals surface area contributed by atoms with Gasteiger partial charge in [-0.2, -0.15) is 0 Å². The van der Waals surface area contributed by atoms with E-state index < -0.39 is 0 Å². The second kappa shape index (κ2) is 11.4. The van der Waals surface area contributed by atoms with Crippen LogP contribution in [0.3, 0.4) is 0 Å². The second-order valence-electron chi connectivity index (χ2n) is 8.45. The van der Waals surface area contributed by atoms with E-state index in [-0.39, 0.29) is 5.91 Å². The maximum Gasteiger partial charge on any atom is 0.230 e. The minimum atomic E-state index is -0.0226. The van der Waals surface area contributed by atoms with Gasteiger partial charge in [0, 0.05) is 18.7 Å². The number of benzene rings is 2. The zero-order valence-corrected chi connectivity index (χ0v) is 20.2. The highest BCUT2D eigenvalue weighted by Gasteiger charge is 2.16. The van der Waals surface area contributed by atoms with Crippen LogP contribution in [0.1, 0.15) is 50.2 Å². The summed E-state index contributed by atoms with van der Waals surface area (Å²) in [6.07, 6.45) is 6.48. The Balaban J connectivity index is 1.27. The number of thioether (sulfide) groups is 1. The molecular formula is C26H32N4O2S. The molecule has 1 heterocycles. The third kappa shape index (κ3) is 6.16. The second-order valence-corrected chi connectivity index (χ2v) is 9.40. The summed E-state index contributed by atoms with van der Waals surface area (Å²) in [4.78, 5) is 12.4. The van der Waals surface area contributed by atoms with Gasteiger partial charge in [0.2, 0.25) is 5.91 Å². The molecule has 1 saturated carbocycles. The van der Waals surface area contributed by atoms with Gasteiger partial charge in [0.25, 0.3) is 0 Å². The van der Waals surface area contributed by atoms with Crippen molar-refractivity contribution < 1.29 is 9.53 Å². The molecule has 2 aromatic carbocycles. The molecule has 7 heteroatoms. The summed E-state index contributed by atoms with van der Waals surface area (Å²) in [5, 5.41) is 12.5. The molecule has 1 aromatic heterocycles. The predicted molar refractivity (Wildman–Crippen MR) is 132 cm³/mol. The first-order valence-electron chi connectivity index (χ1n) is 11.8. The summed E-state index contributed by atoms with van der Waals surface area (Å²) in [7, 11) is 0. The van der Waals surface area contributed by atoms with Crippen LogP contribution in [0, 0.1) is 6.92 Å². The highest BCUT2D eigenvalue weighted by atomic mass is 32.2. The lowest BCUT2D eigenvalue weighted by Crippen LogP contribution is -2.24. The molecule has 0 bridgehead atoms. The van der Waals surface area contributed by atoms with Crippen molar-refractivity contribution in [3.63, 3.8) is 0 Å². The van der Waals surface area contributed by atoms with Gasteiger partial charge in [-0.25, -0.2) is 0 Å². The summed E-state index contributed by atoms with van der Waals surface area (Å²) < 4.78 is 8.14. The average molecular weight is 465 g/mol. The van der Waals surface area contributed by atoms with Crippen molar-refractivity contribution in [2.24, 2.45) is 0 Å². The number of aromatic nitrogens is 3. The van der Waals surface area contributed by atoms with Crippen LogP contribution in [-0.4, -0.2) is 32.5 Å². The van der Waals surface area contributed by atoms with E-state index in [2.05, 4.69) is 46.1 Å². The zero-order valence-electron chi connectivity index (χ0n) is 19.4. The summed E-state index contributed by atoms with van der Waals surface area (Å²) in [6.45, 7) is 5.38. The Morgan fingerprint density at radius 1 is 1.09 bits per heavy atom. The van der Waals surface area contributed by atoms with E-state index in [1.54, 1.807) is 0 Å². The Hall–Kier alpha value is -2.80. The minimum Gasteiger partial charge on any atom is -0.490 e. The first-order valence-corrected chi connectivity index (χ1v) is 12.8. The molecule has 0 atom stereocenters. The monoisotopic (exact) mass is 464 g/mol. The standard InChI is InChI=1S/C26H32N4O2S/c1-3-30-25(23-12-8-7-9-19(23)2)28-29-26(30)33-18-24(31)27-17-20-13-15-22(16-14-20)32-21-10-5-4-6-11-21/h7-9,12-16,21H,3-6,10-11,17-18H2,1-2H3,(H,27,31). The lowest BCUT2D eigenvalue weighted by atomic mass is 9.98. The molecule has 0 unspecified atom stereocenters. The van der Waals surface area contributed by atoms with E-state index in [9.17, 15) is 4.79 Å². The number of aryl methyl sites for hydroxylation is 1. The fraction of sp³-hybridized carbons (Fsp3) is 0.423. The van der Waals surface area contributed by atoms with Gasteiger partial charge >= 0.3 is 0 Å². The number of hydrogen-bond acceptors (Lipinski definition) is 5. The Morgan fingerprint density at radius 3 is 2.58 bits per heavy atom. The van der Waals surface area contributed by atoms with Crippen LogP contribution < -0.4 is 10.1 Å². The number of nitrogens with zero attached hydrogens (tertiary/aromatic N) is 3. The van der Waals surface area contributed by atoms with Crippen LogP contribution in [0.15, 0.2) is 53.7 Å². The van der Waals surface area contributed by atoms with Crippen LogP contribution >= 0.6 is 11.8 Å². The molecule has 0 saturated heterocycles. The fourth-order valence-electron chi connectivity index (χ4n) is 4.15. The predicted octanol–water partition coefficient (Wildman–Crippen LogP) is 5.39. The first kappa shape index (κ1) is 23.4. The number of carbonyl (C=O) groups is 1. The molecule has 0 spiro atoms. The van der Waals surface area contributed by atoms with E-state index in [0.29, 0.717) is 18.4 Å². The van der Waals surface area contributed by atoms with Crippen molar-refractivity contribution in [2.75, 3.05) is 5.75 Å². The third-order valence-electron chi connectivity index (χ3n) is 6.02. The molecule has 0 radical (unpaired) electrons. The van der Waals surface area contributed by atoms with E-state index >= 15 is 0 Å². The molecular weight excluding hydrogens is 432 g/mol. The first-order chi connectivity index (χ1) is 16.1. The maximum atomic E-state index is 12.4. The van der Waals surface area contributed by atoms with Crippen molar-refractivity contribution in [3.05, 3.63) is 59.7 Å². The quantitative estimate of drug-likeness (QED) is 0.430. The van der Waals surface area contributed by atoms with Crippen molar-refractivity contribution >= 4 is 17.7 Å². The van der Waals surface area contributed by atoms with Gasteiger partial charge in [0.05, 0.1) is 11.9 Å². The molecule has 1 aliphatic rings. The molecule has 174 valence electrons. The molecule has 1 N–H and O–H groups in total. The highest BCUT2D eigenvalue weighted by molar-refractivity contribution is 7.99. The van der Waals surface area contributed by atoms with Crippen LogP contribution in [0.4, 0.5) is 0 Å². The van der Waals surface area contributed by atoms with Crippen molar-refractivity contribution in [1.29, 1.82) is 0 Å². The van der Waals surface area contributed by atoms with Crippen molar-refractivity contribution in [2.45, 2.75) is 70.3 Å². The molecule has 0 aliphatic heterocycles. The van der Waals surface area contributed by atoms with Gasteiger partial charge in [0.1, 0.15) is 5.75 Å². The molecule has 1 fully saturated rings. The van der Waals surface area contributed by atoms with Gasteiger partial charge in [-0.15, -0.1) is 10.2 Å². The lowest BCUT2D eigenvalue weighted by Gasteiger charge is -2.23. The molecule has 6 nitrogen and oxygen atoms in total. The molecule has 4 rings (SSSR count). The Kier molecular flexibility index (Phi) is 8.05. The summed E-state index contributed by atoms with van der Waals surface area (Å²) in [6, 6.07) is 16.2. The van der Waals surface area contributed by atoms with Crippen LogP contribution in [-0.2, 0) is 17.9 Å². The van der Waals surface area contributed by atoms with E-state index in [0.717, 1.165) is 52.8 Å².